The summed E-state index contributed by atoms with van der Waals surface area (Å²) in [5.74, 6) is 0.143. The molecule has 1 aliphatic heterocycles. The summed E-state index contributed by atoms with van der Waals surface area (Å²) in [4.78, 5) is 27.8. The van der Waals surface area contributed by atoms with Gasteiger partial charge in [0.1, 0.15) is 18.0 Å². The third-order valence-electron chi connectivity index (χ3n) is 6.08. The summed E-state index contributed by atoms with van der Waals surface area (Å²) in [5, 5.41) is 23.2. The van der Waals surface area contributed by atoms with E-state index < -0.39 is 24.2 Å². The highest BCUT2D eigenvalue weighted by molar-refractivity contribution is 5.96. The van der Waals surface area contributed by atoms with Crippen LogP contribution in [0.5, 0.6) is 5.75 Å². The molecule has 7 heteroatoms. The smallest absolute Gasteiger partial charge is 0.247 e. The van der Waals surface area contributed by atoms with E-state index in [0.29, 0.717) is 23.8 Å². The van der Waals surface area contributed by atoms with E-state index in [4.69, 9.17) is 9.84 Å². The number of fused-ring (bicyclic) bond motifs is 3. The Morgan fingerprint density at radius 3 is 2.68 bits per heavy atom. The lowest BCUT2D eigenvalue weighted by Gasteiger charge is -2.40. The summed E-state index contributed by atoms with van der Waals surface area (Å²) in [6.07, 6.45) is 3.78. The van der Waals surface area contributed by atoms with Gasteiger partial charge in [-0.2, -0.15) is 0 Å². The van der Waals surface area contributed by atoms with Gasteiger partial charge < -0.3 is 25.2 Å². The number of allylic oxidation sites excluding steroid dienone is 1. The Bertz CT molecular complexity index is 916. The van der Waals surface area contributed by atoms with Crippen molar-refractivity contribution in [3.63, 3.8) is 0 Å². The molecule has 3 aliphatic rings. The van der Waals surface area contributed by atoms with E-state index in [0.717, 1.165) is 24.0 Å². The van der Waals surface area contributed by atoms with Crippen LogP contribution < -0.4 is 10.1 Å². The van der Waals surface area contributed by atoms with Crippen LogP contribution in [0.15, 0.2) is 47.6 Å². The Morgan fingerprint density at radius 2 is 2.00 bits per heavy atom. The fourth-order valence-corrected chi connectivity index (χ4v) is 4.46. The maximum absolute atomic E-state index is 13.1. The van der Waals surface area contributed by atoms with Crippen molar-refractivity contribution in [1.82, 2.24) is 10.2 Å². The molecule has 1 aromatic rings. The summed E-state index contributed by atoms with van der Waals surface area (Å²) in [6, 6.07) is 6.79. The number of amides is 2. The van der Waals surface area contributed by atoms with Gasteiger partial charge in [0, 0.05) is 30.3 Å². The van der Waals surface area contributed by atoms with Crippen molar-refractivity contribution in [2.75, 3.05) is 19.7 Å². The molecule has 0 bridgehead atoms. The number of hydrogen-bond donors (Lipinski definition) is 3. The second kappa shape index (κ2) is 8.85. The Morgan fingerprint density at radius 1 is 1.26 bits per heavy atom. The number of hydrogen-bond acceptors (Lipinski definition) is 5. The van der Waals surface area contributed by atoms with E-state index in [-0.39, 0.29) is 25.0 Å². The number of aliphatic hydroxyl groups is 2. The average Bonchev–Trinajstić information content (AvgIpc) is 3.48. The molecule has 1 saturated carbocycles. The van der Waals surface area contributed by atoms with Gasteiger partial charge in [0.2, 0.25) is 11.8 Å². The average molecular weight is 427 g/mol. The summed E-state index contributed by atoms with van der Waals surface area (Å²) in [5.41, 5.74) is 2.19. The van der Waals surface area contributed by atoms with Crippen molar-refractivity contribution in [3.8, 4) is 5.75 Å². The number of rotatable bonds is 7. The highest BCUT2D eigenvalue weighted by Crippen LogP contribution is 2.47. The molecular formula is C24H30N2O5. The van der Waals surface area contributed by atoms with Crippen molar-refractivity contribution in [2.45, 2.75) is 50.9 Å². The molecule has 0 spiro atoms. The SMILES string of the molecule is CC(C)=CC(=O)N(CC1CC1)C1C=C(C(=O)NCCO)C2c3ccccc3OC2C1O. The van der Waals surface area contributed by atoms with E-state index in [2.05, 4.69) is 5.32 Å². The number of carbonyl (C=O) groups excluding carboxylic acids is 2. The standard InChI is InChI=1S/C24H30N2O5/c1-14(2)11-20(28)26(13-15-7-8-15)18-12-17(24(30)25-9-10-27)21-16-5-3-4-6-19(16)31-23(21)22(18)29/h3-6,11-12,15,18,21-23,27,29H,7-10,13H2,1-2H3,(H,25,30). The Kier molecular flexibility index (Phi) is 6.16. The van der Waals surface area contributed by atoms with Gasteiger partial charge in [-0.25, -0.2) is 0 Å². The molecule has 1 heterocycles. The molecule has 1 fully saturated rings. The molecule has 3 N–H and O–H groups in total. The molecular weight excluding hydrogens is 396 g/mol. The molecule has 7 nitrogen and oxygen atoms in total. The van der Waals surface area contributed by atoms with Crippen LogP contribution in [0.25, 0.3) is 0 Å². The first-order chi connectivity index (χ1) is 14.9. The quantitative estimate of drug-likeness (QED) is 0.574. The lowest BCUT2D eigenvalue weighted by atomic mass is 9.77. The first-order valence-corrected chi connectivity index (χ1v) is 10.9. The zero-order valence-electron chi connectivity index (χ0n) is 18.0. The van der Waals surface area contributed by atoms with Gasteiger partial charge in [0.05, 0.1) is 18.6 Å². The number of para-hydroxylation sites is 1. The topological polar surface area (TPSA) is 99.1 Å². The molecule has 31 heavy (non-hydrogen) atoms. The molecule has 0 radical (unpaired) electrons. The third kappa shape index (κ3) is 4.38. The van der Waals surface area contributed by atoms with Gasteiger partial charge in [0.15, 0.2) is 0 Å². The normalized spacial score (nSPS) is 26.1. The fraction of sp³-hybridized carbons (Fsp3) is 0.500. The zero-order valence-corrected chi connectivity index (χ0v) is 18.0. The van der Waals surface area contributed by atoms with Gasteiger partial charge >= 0.3 is 0 Å². The molecule has 4 unspecified atom stereocenters. The minimum atomic E-state index is -0.972. The van der Waals surface area contributed by atoms with Crippen LogP contribution in [-0.4, -0.2) is 64.9 Å². The van der Waals surface area contributed by atoms with Gasteiger partial charge in [0.25, 0.3) is 0 Å². The zero-order chi connectivity index (χ0) is 22.1. The van der Waals surface area contributed by atoms with E-state index in [1.54, 1.807) is 17.1 Å². The summed E-state index contributed by atoms with van der Waals surface area (Å²) in [6.45, 7) is 4.23. The van der Waals surface area contributed by atoms with E-state index in [1.807, 2.05) is 38.1 Å². The summed E-state index contributed by atoms with van der Waals surface area (Å²) < 4.78 is 6.10. The van der Waals surface area contributed by atoms with Gasteiger partial charge in [-0.3, -0.25) is 9.59 Å². The van der Waals surface area contributed by atoms with Crippen LogP contribution in [0.3, 0.4) is 0 Å². The van der Waals surface area contributed by atoms with Crippen molar-refractivity contribution in [2.24, 2.45) is 5.92 Å². The Hall–Kier alpha value is -2.64. The largest absolute Gasteiger partial charge is 0.486 e. The van der Waals surface area contributed by atoms with E-state index >= 15 is 0 Å². The highest BCUT2D eigenvalue weighted by Gasteiger charge is 2.50. The molecule has 0 aromatic heterocycles. The van der Waals surface area contributed by atoms with Crippen molar-refractivity contribution in [1.29, 1.82) is 0 Å². The minimum Gasteiger partial charge on any atom is -0.486 e. The number of benzene rings is 1. The van der Waals surface area contributed by atoms with Crippen LogP contribution in [0.2, 0.25) is 0 Å². The monoisotopic (exact) mass is 426 g/mol. The second-order valence-corrected chi connectivity index (χ2v) is 8.84. The predicted molar refractivity (Wildman–Crippen MR) is 115 cm³/mol. The number of aliphatic hydroxyl groups excluding tert-OH is 2. The highest BCUT2D eigenvalue weighted by atomic mass is 16.5. The van der Waals surface area contributed by atoms with Gasteiger partial charge in [-0.05, 0) is 44.7 Å². The van der Waals surface area contributed by atoms with Crippen LogP contribution in [0.1, 0.15) is 38.2 Å². The van der Waals surface area contributed by atoms with E-state index in [9.17, 15) is 14.7 Å². The number of ether oxygens (including phenoxy) is 1. The maximum atomic E-state index is 13.1. The number of nitrogens with one attached hydrogen (secondary N) is 1. The molecule has 2 aliphatic carbocycles. The van der Waals surface area contributed by atoms with Gasteiger partial charge in [-0.15, -0.1) is 0 Å². The molecule has 166 valence electrons. The van der Waals surface area contributed by atoms with Crippen LogP contribution in [-0.2, 0) is 9.59 Å². The van der Waals surface area contributed by atoms with Crippen LogP contribution in [0.4, 0.5) is 0 Å². The van der Waals surface area contributed by atoms with Crippen LogP contribution >= 0.6 is 0 Å². The van der Waals surface area contributed by atoms with Crippen molar-refractivity contribution >= 4 is 11.8 Å². The molecule has 1 aromatic carbocycles. The number of nitrogens with zero attached hydrogens (tertiary/aromatic N) is 1. The van der Waals surface area contributed by atoms with Crippen molar-refractivity contribution < 1.29 is 24.5 Å². The lowest BCUT2D eigenvalue weighted by Crippen LogP contribution is -2.56. The molecule has 2 amide bonds. The predicted octanol–water partition coefficient (Wildman–Crippen LogP) is 1.51. The first-order valence-electron chi connectivity index (χ1n) is 10.9. The van der Waals surface area contributed by atoms with E-state index in [1.165, 1.54) is 0 Å². The minimum absolute atomic E-state index is 0.131. The third-order valence-corrected chi connectivity index (χ3v) is 6.08. The van der Waals surface area contributed by atoms with Crippen LogP contribution in [0, 0.1) is 5.92 Å². The second-order valence-electron chi connectivity index (χ2n) is 8.84. The molecule has 4 atom stereocenters. The Labute approximate surface area is 182 Å². The summed E-state index contributed by atoms with van der Waals surface area (Å²) in [7, 11) is 0. The fourth-order valence-electron chi connectivity index (χ4n) is 4.46. The Balaban J connectivity index is 1.74. The van der Waals surface area contributed by atoms with Crippen molar-refractivity contribution in [3.05, 3.63) is 53.1 Å². The maximum Gasteiger partial charge on any atom is 0.247 e. The molecule has 4 rings (SSSR count). The number of carbonyl (C=O) groups is 2. The molecule has 0 saturated heterocycles. The first kappa shape index (κ1) is 21.6. The van der Waals surface area contributed by atoms with Gasteiger partial charge in [-0.1, -0.05) is 23.8 Å². The summed E-state index contributed by atoms with van der Waals surface area (Å²) >= 11 is 0. The lowest BCUT2D eigenvalue weighted by molar-refractivity contribution is -0.132.